The Labute approximate surface area is 64.6 Å². The Morgan fingerprint density at radius 2 is 2.10 bits per heavy atom. The van der Waals surface area contributed by atoms with Gasteiger partial charge in [0.1, 0.15) is 0 Å². The van der Waals surface area contributed by atoms with Crippen molar-refractivity contribution in [3.8, 4) is 0 Å². The van der Waals surface area contributed by atoms with E-state index in [-0.39, 0.29) is 0 Å². The maximum Gasteiger partial charge on any atom is 0.432 e. The van der Waals surface area contributed by atoms with Crippen LogP contribution in [0.2, 0.25) is 5.02 Å². The van der Waals surface area contributed by atoms with Crippen molar-refractivity contribution < 1.29 is 10.0 Å². The monoisotopic (exact) mass is 159 g/mol. The van der Waals surface area contributed by atoms with Gasteiger partial charge in [-0.1, -0.05) is 11.6 Å². The Morgan fingerprint density at radius 1 is 1.50 bits per heavy atom. The van der Waals surface area contributed by atoms with Gasteiger partial charge >= 0.3 is 7.69 Å². The molecule has 0 aromatic carbocycles. The molecule has 3 nitrogen and oxygen atoms in total. The third-order valence-corrected chi connectivity index (χ3v) is 0.849. The molecular formula is C5H7BClNO2. The number of aromatic nitrogens is 1. The maximum absolute atomic E-state index is 7.12. The highest BCUT2D eigenvalue weighted by Gasteiger charge is 1.76. The van der Waals surface area contributed by atoms with Crippen molar-refractivity contribution in [2.45, 2.75) is 0 Å². The van der Waals surface area contributed by atoms with Crippen LogP contribution in [0.15, 0.2) is 24.5 Å². The van der Waals surface area contributed by atoms with Gasteiger partial charge < -0.3 is 10.0 Å². The van der Waals surface area contributed by atoms with Gasteiger partial charge in [-0.3, -0.25) is 4.98 Å². The second kappa shape index (κ2) is 6.54. The molecule has 0 atom stereocenters. The summed E-state index contributed by atoms with van der Waals surface area (Å²) in [5.74, 6) is 0. The first-order chi connectivity index (χ1) is 4.81. The average molecular weight is 159 g/mol. The van der Waals surface area contributed by atoms with E-state index in [2.05, 4.69) is 4.98 Å². The molecule has 10 heavy (non-hydrogen) atoms. The van der Waals surface area contributed by atoms with E-state index in [1.807, 2.05) is 0 Å². The molecule has 1 rings (SSSR count). The van der Waals surface area contributed by atoms with Crippen molar-refractivity contribution in [1.82, 2.24) is 4.98 Å². The first-order valence-corrected chi connectivity index (χ1v) is 2.96. The molecule has 1 aromatic heterocycles. The van der Waals surface area contributed by atoms with Crippen LogP contribution < -0.4 is 0 Å². The summed E-state index contributed by atoms with van der Waals surface area (Å²) in [5.41, 5.74) is 0. The van der Waals surface area contributed by atoms with E-state index < -0.39 is 7.69 Å². The highest BCUT2D eigenvalue weighted by atomic mass is 35.5. The van der Waals surface area contributed by atoms with Crippen LogP contribution in [0.25, 0.3) is 0 Å². The standard InChI is InChI=1S/C5H4ClN.BH3O2/c6-5-2-1-3-7-4-5;2-1-3/h1-4H;1-3H. The molecule has 0 amide bonds. The smallest absolute Gasteiger partial charge is 0.430 e. The summed E-state index contributed by atoms with van der Waals surface area (Å²) in [6.45, 7) is 0. The molecule has 0 radical (unpaired) electrons. The quantitative estimate of drug-likeness (QED) is 0.523. The third-order valence-electron chi connectivity index (χ3n) is 0.625. The van der Waals surface area contributed by atoms with Crippen LogP contribution in [0.1, 0.15) is 0 Å². The molecule has 0 unspecified atom stereocenters. The lowest BCUT2D eigenvalue weighted by molar-refractivity contribution is 0.448. The predicted octanol–water partition coefficient (Wildman–Crippen LogP) is -0.0275. The summed E-state index contributed by atoms with van der Waals surface area (Å²) in [5, 5.41) is 14.9. The summed E-state index contributed by atoms with van der Waals surface area (Å²) < 4.78 is 0. The molecule has 1 aromatic rings. The lowest BCUT2D eigenvalue weighted by Gasteiger charge is -1.79. The Morgan fingerprint density at radius 3 is 2.30 bits per heavy atom. The number of hydrogen-bond acceptors (Lipinski definition) is 3. The number of nitrogens with zero attached hydrogens (tertiary/aromatic N) is 1. The highest BCUT2D eigenvalue weighted by Crippen LogP contribution is 2.00. The Hall–Kier alpha value is -0.575. The van der Waals surface area contributed by atoms with Crippen molar-refractivity contribution >= 4 is 19.3 Å². The first kappa shape index (κ1) is 9.42. The Kier molecular flexibility index (Phi) is 6.17. The zero-order valence-corrected chi connectivity index (χ0v) is 5.99. The number of hydrogen-bond donors (Lipinski definition) is 2. The summed E-state index contributed by atoms with van der Waals surface area (Å²) >= 11 is 5.48. The van der Waals surface area contributed by atoms with E-state index in [0.29, 0.717) is 5.02 Å². The van der Waals surface area contributed by atoms with Gasteiger partial charge in [-0.2, -0.15) is 0 Å². The zero-order chi connectivity index (χ0) is 7.82. The molecule has 0 saturated carbocycles. The van der Waals surface area contributed by atoms with Crippen molar-refractivity contribution in [3.05, 3.63) is 29.5 Å². The van der Waals surface area contributed by atoms with Gasteiger partial charge in [-0.15, -0.1) is 0 Å². The normalized spacial score (nSPS) is 7.50. The zero-order valence-electron chi connectivity index (χ0n) is 5.24. The molecule has 2 N–H and O–H groups in total. The molecule has 0 aliphatic heterocycles. The fourth-order valence-electron chi connectivity index (χ4n) is 0.342. The van der Waals surface area contributed by atoms with Gasteiger partial charge in [-0.25, -0.2) is 0 Å². The fraction of sp³-hybridized carbons (Fsp3) is 0. The summed E-state index contributed by atoms with van der Waals surface area (Å²) in [7, 11) is -0.750. The van der Waals surface area contributed by atoms with Gasteiger partial charge in [-0.05, 0) is 12.1 Å². The molecule has 0 aliphatic carbocycles. The number of rotatable bonds is 0. The van der Waals surface area contributed by atoms with Gasteiger partial charge in [0.05, 0.1) is 5.02 Å². The molecule has 0 spiro atoms. The SMILES string of the molecule is Clc1cccnc1.OBO. The van der Waals surface area contributed by atoms with Crippen LogP contribution in [0.5, 0.6) is 0 Å². The number of pyridine rings is 1. The minimum Gasteiger partial charge on any atom is -0.430 e. The fourth-order valence-corrected chi connectivity index (χ4v) is 0.471. The predicted molar refractivity (Wildman–Crippen MR) is 40.8 cm³/mol. The van der Waals surface area contributed by atoms with Crippen molar-refractivity contribution in [3.63, 3.8) is 0 Å². The molecule has 5 heteroatoms. The van der Waals surface area contributed by atoms with Crippen LogP contribution in [-0.2, 0) is 0 Å². The third kappa shape index (κ3) is 5.56. The van der Waals surface area contributed by atoms with Gasteiger partial charge in [0.2, 0.25) is 0 Å². The minimum atomic E-state index is -0.750. The van der Waals surface area contributed by atoms with E-state index in [1.54, 1.807) is 24.5 Å². The second-order valence-corrected chi connectivity index (χ2v) is 1.75. The van der Waals surface area contributed by atoms with Gasteiger partial charge in [0.25, 0.3) is 0 Å². The Balaban J connectivity index is 0.000000236. The van der Waals surface area contributed by atoms with Gasteiger partial charge in [0, 0.05) is 12.4 Å². The number of halogens is 1. The van der Waals surface area contributed by atoms with Crippen molar-refractivity contribution in [2.75, 3.05) is 0 Å². The first-order valence-electron chi connectivity index (χ1n) is 2.58. The summed E-state index contributed by atoms with van der Waals surface area (Å²) in [4.78, 5) is 3.75. The molecule has 54 valence electrons. The van der Waals surface area contributed by atoms with E-state index >= 15 is 0 Å². The molecule has 0 fully saturated rings. The molecule has 0 bridgehead atoms. The van der Waals surface area contributed by atoms with Crippen molar-refractivity contribution in [1.29, 1.82) is 0 Å². The topological polar surface area (TPSA) is 53.4 Å². The van der Waals surface area contributed by atoms with E-state index in [4.69, 9.17) is 21.6 Å². The largest absolute Gasteiger partial charge is 0.432 e. The van der Waals surface area contributed by atoms with E-state index in [9.17, 15) is 0 Å². The molecular weight excluding hydrogens is 152 g/mol. The average Bonchev–Trinajstić information content (AvgIpc) is 1.91. The van der Waals surface area contributed by atoms with Crippen molar-refractivity contribution in [2.24, 2.45) is 0 Å². The molecule has 1 heterocycles. The lowest BCUT2D eigenvalue weighted by atomic mass is 10.5. The van der Waals surface area contributed by atoms with Crippen LogP contribution in [-0.4, -0.2) is 22.7 Å². The lowest BCUT2D eigenvalue weighted by Crippen LogP contribution is -1.75. The summed E-state index contributed by atoms with van der Waals surface area (Å²) in [6, 6.07) is 3.58. The maximum atomic E-state index is 7.12. The Bertz CT molecular complexity index is 161. The van der Waals surface area contributed by atoms with Crippen LogP contribution >= 0.6 is 11.6 Å². The molecule has 0 saturated heterocycles. The highest BCUT2D eigenvalue weighted by molar-refractivity contribution is 6.30. The minimum absolute atomic E-state index is 0.683. The second-order valence-electron chi connectivity index (χ2n) is 1.31. The van der Waals surface area contributed by atoms with E-state index in [1.165, 1.54) is 0 Å². The molecule has 0 aliphatic rings. The van der Waals surface area contributed by atoms with E-state index in [0.717, 1.165) is 0 Å². The summed E-state index contributed by atoms with van der Waals surface area (Å²) in [6.07, 6.45) is 3.29. The van der Waals surface area contributed by atoms with Crippen LogP contribution in [0, 0.1) is 0 Å². The van der Waals surface area contributed by atoms with Gasteiger partial charge in [0.15, 0.2) is 0 Å². The van der Waals surface area contributed by atoms with Crippen LogP contribution in [0.4, 0.5) is 0 Å². The van der Waals surface area contributed by atoms with Crippen LogP contribution in [0.3, 0.4) is 0 Å².